The molecule has 1 rings (SSSR count). The third-order valence-corrected chi connectivity index (χ3v) is 2.37. The van der Waals surface area contributed by atoms with Gasteiger partial charge in [-0.2, -0.15) is 0 Å². The molecule has 1 fully saturated rings. The summed E-state index contributed by atoms with van der Waals surface area (Å²) in [5.41, 5.74) is 0. The molecule has 1 saturated heterocycles. The Morgan fingerprint density at radius 2 is 1.92 bits per heavy atom. The van der Waals surface area contributed by atoms with Crippen molar-refractivity contribution in [2.75, 3.05) is 39.8 Å². The Labute approximate surface area is 74.3 Å². The van der Waals surface area contributed by atoms with Gasteiger partial charge in [-0.1, -0.05) is 6.92 Å². The van der Waals surface area contributed by atoms with Crippen LogP contribution in [-0.2, 0) is 4.79 Å². The number of carbonyl (C=O) groups is 1. The fraction of sp³-hybridized carbons (Fsp3) is 0.889. The average Bonchev–Trinajstić information content (AvgIpc) is 2.09. The minimum atomic E-state index is 0.188. The van der Waals surface area contributed by atoms with E-state index in [1.807, 2.05) is 6.92 Å². The minimum absolute atomic E-state index is 0.188. The predicted molar refractivity (Wildman–Crippen MR) is 49.2 cm³/mol. The van der Waals surface area contributed by atoms with Crippen LogP contribution in [0.25, 0.3) is 0 Å². The first kappa shape index (κ1) is 9.68. The molecular weight excluding hydrogens is 152 g/mol. The van der Waals surface area contributed by atoms with Crippen molar-refractivity contribution in [1.29, 1.82) is 0 Å². The van der Waals surface area contributed by atoms with E-state index in [2.05, 4.69) is 16.8 Å². The number of piperazine rings is 1. The molecule has 0 aromatic rings. The highest BCUT2D eigenvalue weighted by atomic mass is 16.1. The molecule has 0 aliphatic carbocycles. The van der Waals surface area contributed by atoms with Gasteiger partial charge in [-0.15, -0.1) is 0 Å². The van der Waals surface area contributed by atoms with Gasteiger partial charge in [0.2, 0.25) is 0 Å². The van der Waals surface area contributed by atoms with Crippen molar-refractivity contribution in [2.24, 2.45) is 5.92 Å². The van der Waals surface area contributed by atoms with E-state index in [1.54, 1.807) is 0 Å². The Bertz CT molecular complexity index is 141. The summed E-state index contributed by atoms with van der Waals surface area (Å²) in [4.78, 5) is 15.1. The molecule has 0 spiro atoms. The van der Waals surface area contributed by atoms with E-state index in [0.29, 0.717) is 0 Å². The Kier molecular flexibility index (Phi) is 3.69. The zero-order valence-corrected chi connectivity index (χ0v) is 7.99. The Morgan fingerprint density at radius 3 is 2.42 bits per heavy atom. The van der Waals surface area contributed by atoms with Crippen LogP contribution in [0.1, 0.15) is 6.92 Å². The third-order valence-electron chi connectivity index (χ3n) is 2.37. The standard InChI is InChI=1S/C9H18N2O/c1-9(8-12)7-11-5-3-10(2)4-6-11/h8-9H,3-7H2,1-2H3. The molecule has 0 amide bonds. The molecule has 0 radical (unpaired) electrons. The van der Waals surface area contributed by atoms with Gasteiger partial charge in [0.1, 0.15) is 6.29 Å². The highest BCUT2D eigenvalue weighted by Gasteiger charge is 2.15. The Hall–Kier alpha value is -0.410. The third kappa shape index (κ3) is 2.91. The van der Waals surface area contributed by atoms with Gasteiger partial charge >= 0.3 is 0 Å². The number of aldehydes is 1. The SMILES string of the molecule is CC(C=O)CN1CCN(C)CC1. The van der Waals surface area contributed by atoms with Crippen LogP contribution in [-0.4, -0.2) is 55.9 Å². The van der Waals surface area contributed by atoms with E-state index in [9.17, 15) is 4.79 Å². The lowest BCUT2D eigenvalue weighted by atomic mass is 10.2. The zero-order chi connectivity index (χ0) is 8.97. The molecule has 1 aliphatic rings. The largest absolute Gasteiger partial charge is 0.304 e. The van der Waals surface area contributed by atoms with Crippen LogP contribution in [0.5, 0.6) is 0 Å². The molecule has 1 atom stereocenters. The Balaban J connectivity index is 2.21. The molecule has 1 heterocycles. The van der Waals surface area contributed by atoms with E-state index in [0.717, 1.165) is 39.0 Å². The van der Waals surface area contributed by atoms with Crippen LogP contribution >= 0.6 is 0 Å². The lowest BCUT2D eigenvalue weighted by molar-refractivity contribution is -0.111. The van der Waals surface area contributed by atoms with Crippen LogP contribution in [0.4, 0.5) is 0 Å². The first-order valence-electron chi connectivity index (χ1n) is 4.58. The van der Waals surface area contributed by atoms with Gasteiger partial charge in [-0.25, -0.2) is 0 Å². The predicted octanol–water partition coefficient (Wildman–Crippen LogP) is 0.0688. The summed E-state index contributed by atoms with van der Waals surface area (Å²) >= 11 is 0. The second kappa shape index (κ2) is 4.58. The smallest absolute Gasteiger partial charge is 0.124 e. The lowest BCUT2D eigenvalue weighted by Gasteiger charge is -2.32. The lowest BCUT2D eigenvalue weighted by Crippen LogP contribution is -2.45. The molecule has 1 unspecified atom stereocenters. The molecule has 0 bridgehead atoms. The van der Waals surface area contributed by atoms with Crippen molar-refractivity contribution >= 4 is 6.29 Å². The van der Waals surface area contributed by atoms with Gasteiger partial charge < -0.3 is 14.6 Å². The highest BCUT2D eigenvalue weighted by Crippen LogP contribution is 2.02. The van der Waals surface area contributed by atoms with Gasteiger partial charge in [0.15, 0.2) is 0 Å². The monoisotopic (exact) mass is 170 g/mol. The summed E-state index contributed by atoms with van der Waals surface area (Å²) in [6.45, 7) is 7.38. The van der Waals surface area contributed by atoms with Crippen LogP contribution in [0.3, 0.4) is 0 Å². The van der Waals surface area contributed by atoms with Crippen molar-refractivity contribution in [3.63, 3.8) is 0 Å². The summed E-state index contributed by atoms with van der Waals surface area (Å²) < 4.78 is 0. The van der Waals surface area contributed by atoms with E-state index in [-0.39, 0.29) is 5.92 Å². The van der Waals surface area contributed by atoms with E-state index < -0.39 is 0 Å². The van der Waals surface area contributed by atoms with Crippen LogP contribution < -0.4 is 0 Å². The molecule has 0 aromatic carbocycles. The number of rotatable bonds is 3. The van der Waals surface area contributed by atoms with Gasteiger partial charge in [0.25, 0.3) is 0 Å². The molecule has 3 heteroatoms. The van der Waals surface area contributed by atoms with Gasteiger partial charge in [-0.05, 0) is 7.05 Å². The summed E-state index contributed by atoms with van der Waals surface area (Å²) in [5, 5.41) is 0. The molecule has 0 aromatic heterocycles. The number of nitrogens with zero attached hydrogens (tertiary/aromatic N) is 2. The zero-order valence-electron chi connectivity index (χ0n) is 7.99. The van der Waals surface area contributed by atoms with Crippen molar-refractivity contribution in [3.05, 3.63) is 0 Å². The fourth-order valence-corrected chi connectivity index (χ4v) is 1.48. The van der Waals surface area contributed by atoms with Gasteiger partial charge in [0, 0.05) is 38.6 Å². The first-order valence-corrected chi connectivity index (χ1v) is 4.58. The summed E-state index contributed by atoms with van der Waals surface area (Å²) in [6.07, 6.45) is 1.04. The van der Waals surface area contributed by atoms with Gasteiger partial charge in [0.05, 0.1) is 0 Å². The maximum Gasteiger partial charge on any atom is 0.124 e. The fourth-order valence-electron chi connectivity index (χ4n) is 1.48. The number of hydrogen-bond acceptors (Lipinski definition) is 3. The van der Waals surface area contributed by atoms with Crippen LogP contribution in [0.15, 0.2) is 0 Å². The van der Waals surface area contributed by atoms with Gasteiger partial charge in [-0.3, -0.25) is 0 Å². The molecule has 70 valence electrons. The van der Waals surface area contributed by atoms with E-state index >= 15 is 0 Å². The maximum atomic E-state index is 10.4. The molecule has 1 aliphatic heterocycles. The van der Waals surface area contributed by atoms with Crippen molar-refractivity contribution < 1.29 is 4.79 Å². The summed E-state index contributed by atoms with van der Waals surface area (Å²) in [7, 11) is 2.14. The maximum absolute atomic E-state index is 10.4. The quantitative estimate of drug-likeness (QED) is 0.560. The summed E-state index contributed by atoms with van der Waals surface area (Å²) in [6, 6.07) is 0. The Morgan fingerprint density at radius 1 is 1.33 bits per heavy atom. The minimum Gasteiger partial charge on any atom is -0.304 e. The van der Waals surface area contributed by atoms with Crippen molar-refractivity contribution in [3.8, 4) is 0 Å². The van der Waals surface area contributed by atoms with Crippen LogP contribution in [0.2, 0.25) is 0 Å². The first-order chi connectivity index (χ1) is 5.72. The number of carbonyl (C=O) groups excluding carboxylic acids is 1. The normalized spacial score (nSPS) is 23.8. The molecule has 0 saturated carbocycles. The molecule has 12 heavy (non-hydrogen) atoms. The molecule has 0 N–H and O–H groups in total. The van der Waals surface area contributed by atoms with E-state index in [1.165, 1.54) is 0 Å². The number of likely N-dealkylation sites (N-methyl/N-ethyl adjacent to an activating group) is 1. The average molecular weight is 170 g/mol. The second-order valence-corrected chi connectivity index (χ2v) is 3.72. The van der Waals surface area contributed by atoms with Crippen LogP contribution in [0, 0.1) is 5.92 Å². The number of hydrogen-bond donors (Lipinski definition) is 0. The van der Waals surface area contributed by atoms with Crippen molar-refractivity contribution in [1.82, 2.24) is 9.80 Å². The van der Waals surface area contributed by atoms with E-state index in [4.69, 9.17) is 0 Å². The highest BCUT2D eigenvalue weighted by molar-refractivity contribution is 5.52. The summed E-state index contributed by atoms with van der Waals surface area (Å²) in [5.74, 6) is 0.188. The second-order valence-electron chi connectivity index (χ2n) is 3.72. The molecular formula is C9H18N2O. The topological polar surface area (TPSA) is 23.6 Å². The van der Waals surface area contributed by atoms with Crippen molar-refractivity contribution in [2.45, 2.75) is 6.92 Å². The molecule has 3 nitrogen and oxygen atoms in total.